The lowest BCUT2D eigenvalue weighted by molar-refractivity contribution is -0.117. The Morgan fingerprint density at radius 2 is 1.66 bits per heavy atom. The smallest absolute Gasteiger partial charge is 0.256 e. The normalized spacial score (nSPS) is 26.4. The van der Waals surface area contributed by atoms with Gasteiger partial charge in [-0.15, -0.1) is 0 Å². The van der Waals surface area contributed by atoms with Crippen molar-refractivity contribution >= 4 is 33.0 Å². The van der Waals surface area contributed by atoms with E-state index in [0.717, 1.165) is 44.5 Å². The number of amides is 2. The van der Waals surface area contributed by atoms with Gasteiger partial charge in [0.2, 0.25) is 5.91 Å². The SMILES string of the molecule is CC1CN(C(=O)c2ccc(NC(=O)C3CC3)cc2N2CCCC2)CC(C)S1(=O)=O. The third-order valence-corrected chi connectivity index (χ3v) is 8.80. The topological polar surface area (TPSA) is 86.8 Å². The second kappa shape index (κ2) is 7.63. The van der Waals surface area contributed by atoms with Gasteiger partial charge in [0.1, 0.15) is 0 Å². The maximum absolute atomic E-state index is 13.3. The van der Waals surface area contributed by atoms with Crippen LogP contribution in [0.25, 0.3) is 0 Å². The van der Waals surface area contributed by atoms with Crippen LogP contribution in [0.3, 0.4) is 0 Å². The quantitative estimate of drug-likeness (QED) is 0.809. The van der Waals surface area contributed by atoms with E-state index in [4.69, 9.17) is 0 Å². The molecule has 0 spiro atoms. The van der Waals surface area contributed by atoms with Crippen LogP contribution in [-0.4, -0.2) is 61.8 Å². The summed E-state index contributed by atoms with van der Waals surface area (Å²) in [6.45, 7) is 5.52. The Morgan fingerprint density at radius 3 is 2.24 bits per heavy atom. The average Bonchev–Trinajstić information content (AvgIpc) is 3.40. The Kier molecular flexibility index (Phi) is 5.31. The molecule has 3 fully saturated rings. The Labute approximate surface area is 172 Å². The van der Waals surface area contributed by atoms with Gasteiger partial charge in [-0.3, -0.25) is 9.59 Å². The summed E-state index contributed by atoms with van der Waals surface area (Å²) >= 11 is 0. The molecule has 0 radical (unpaired) electrons. The van der Waals surface area contributed by atoms with E-state index in [2.05, 4.69) is 10.2 Å². The third kappa shape index (κ3) is 3.99. The standard InChI is InChI=1S/C21H29N3O4S/c1-14-12-24(13-15(2)29(14,27)28)21(26)18-8-7-17(22-20(25)16-5-6-16)11-19(18)23-9-3-4-10-23/h7-8,11,14-16H,3-6,9-10,12-13H2,1-2H3,(H,22,25). The molecule has 0 aromatic heterocycles. The highest BCUT2D eigenvalue weighted by molar-refractivity contribution is 7.92. The van der Waals surface area contributed by atoms with Crippen molar-refractivity contribution in [2.75, 3.05) is 36.4 Å². The molecule has 158 valence electrons. The number of benzene rings is 1. The largest absolute Gasteiger partial charge is 0.371 e. The highest BCUT2D eigenvalue weighted by atomic mass is 32.2. The molecule has 29 heavy (non-hydrogen) atoms. The monoisotopic (exact) mass is 419 g/mol. The fourth-order valence-corrected chi connectivity index (χ4v) is 5.80. The van der Waals surface area contributed by atoms with E-state index in [0.29, 0.717) is 11.3 Å². The van der Waals surface area contributed by atoms with Crippen LogP contribution in [0.15, 0.2) is 18.2 Å². The van der Waals surface area contributed by atoms with Crippen molar-refractivity contribution in [3.05, 3.63) is 23.8 Å². The van der Waals surface area contributed by atoms with Crippen LogP contribution in [0, 0.1) is 5.92 Å². The summed E-state index contributed by atoms with van der Waals surface area (Å²) in [4.78, 5) is 29.3. The van der Waals surface area contributed by atoms with E-state index >= 15 is 0 Å². The van der Waals surface area contributed by atoms with Crippen molar-refractivity contribution in [2.45, 2.75) is 50.0 Å². The van der Waals surface area contributed by atoms with E-state index in [-0.39, 0.29) is 30.8 Å². The fourth-order valence-electron chi connectivity index (χ4n) is 4.24. The zero-order chi connectivity index (χ0) is 20.8. The first-order valence-electron chi connectivity index (χ1n) is 10.5. The lowest BCUT2D eigenvalue weighted by atomic mass is 10.1. The number of anilines is 2. The number of nitrogens with one attached hydrogen (secondary N) is 1. The molecule has 7 nitrogen and oxygen atoms in total. The van der Waals surface area contributed by atoms with Gasteiger partial charge in [0, 0.05) is 37.8 Å². The molecule has 1 aromatic rings. The van der Waals surface area contributed by atoms with Gasteiger partial charge in [-0.25, -0.2) is 8.42 Å². The van der Waals surface area contributed by atoms with Gasteiger partial charge in [0.25, 0.3) is 5.91 Å². The number of hydrogen-bond donors (Lipinski definition) is 1. The Bertz CT molecular complexity index is 902. The van der Waals surface area contributed by atoms with Crippen LogP contribution in [0.2, 0.25) is 0 Å². The van der Waals surface area contributed by atoms with Crippen LogP contribution >= 0.6 is 0 Å². The lowest BCUT2D eigenvalue weighted by Crippen LogP contribution is -2.52. The number of nitrogens with zero attached hydrogens (tertiary/aromatic N) is 2. The number of carbonyl (C=O) groups excluding carboxylic acids is 2. The second-order valence-electron chi connectivity index (χ2n) is 8.61. The average molecular weight is 420 g/mol. The highest BCUT2D eigenvalue weighted by Gasteiger charge is 2.38. The van der Waals surface area contributed by atoms with Gasteiger partial charge >= 0.3 is 0 Å². The van der Waals surface area contributed by atoms with Gasteiger partial charge in [0.15, 0.2) is 9.84 Å². The minimum atomic E-state index is -3.19. The first-order valence-corrected chi connectivity index (χ1v) is 12.1. The minimum absolute atomic E-state index is 0.0420. The Morgan fingerprint density at radius 1 is 1.03 bits per heavy atom. The molecule has 1 aliphatic carbocycles. The van der Waals surface area contributed by atoms with Gasteiger partial charge in [0.05, 0.1) is 21.8 Å². The van der Waals surface area contributed by atoms with E-state index in [9.17, 15) is 18.0 Å². The zero-order valence-electron chi connectivity index (χ0n) is 17.1. The summed E-state index contributed by atoms with van der Waals surface area (Å²) in [5.74, 6) is 0.0192. The van der Waals surface area contributed by atoms with Crippen LogP contribution < -0.4 is 10.2 Å². The maximum atomic E-state index is 13.3. The van der Waals surface area contributed by atoms with E-state index in [1.807, 2.05) is 6.07 Å². The van der Waals surface area contributed by atoms with E-state index in [1.165, 1.54) is 0 Å². The molecule has 8 heteroatoms. The van der Waals surface area contributed by atoms with Gasteiger partial charge in [-0.2, -0.15) is 0 Å². The van der Waals surface area contributed by atoms with Crippen molar-refractivity contribution in [1.29, 1.82) is 0 Å². The molecule has 2 aliphatic heterocycles. The summed E-state index contributed by atoms with van der Waals surface area (Å²) in [7, 11) is -3.19. The molecule has 0 bridgehead atoms. The number of hydrogen-bond acceptors (Lipinski definition) is 5. The summed E-state index contributed by atoms with van der Waals surface area (Å²) in [6, 6.07) is 5.45. The molecule has 2 heterocycles. The predicted molar refractivity (Wildman–Crippen MR) is 113 cm³/mol. The summed E-state index contributed by atoms with van der Waals surface area (Å²) in [6.07, 6.45) is 4.02. The maximum Gasteiger partial charge on any atom is 0.256 e. The van der Waals surface area contributed by atoms with Crippen LogP contribution in [0.1, 0.15) is 49.9 Å². The molecule has 1 N–H and O–H groups in total. The van der Waals surface area contributed by atoms with Crippen LogP contribution in [0.4, 0.5) is 11.4 Å². The summed E-state index contributed by atoms with van der Waals surface area (Å²) in [5, 5.41) is 1.83. The molecular weight excluding hydrogens is 390 g/mol. The van der Waals surface area contributed by atoms with E-state index < -0.39 is 20.3 Å². The molecule has 4 rings (SSSR count). The molecule has 2 atom stereocenters. The second-order valence-corrected chi connectivity index (χ2v) is 11.4. The van der Waals surface area contributed by atoms with Gasteiger partial charge in [-0.05, 0) is 57.7 Å². The number of rotatable bonds is 4. The lowest BCUT2D eigenvalue weighted by Gasteiger charge is -2.35. The zero-order valence-corrected chi connectivity index (χ0v) is 17.9. The molecule has 1 saturated carbocycles. The van der Waals surface area contributed by atoms with E-state index in [1.54, 1.807) is 30.9 Å². The van der Waals surface area contributed by atoms with Crippen LogP contribution in [0.5, 0.6) is 0 Å². The molecule has 2 unspecified atom stereocenters. The van der Waals surface area contributed by atoms with Crippen molar-refractivity contribution in [3.8, 4) is 0 Å². The molecule has 3 aliphatic rings. The first kappa shape index (κ1) is 20.2. The van der Waals surface area contributed by atoms with Crippen molar-refractivity contribution in [1.82, 2.24) is 4.90 Å². The Hall–Kier alpha value is -2.09. The summed E-state index contributed by atoms with van der Waals surface area (Å²) in [5.41, 5.74) is 2.12. The molecule has 1 aromatic carbocycles. The van der Waals surface area contributed by atoms with Crippen molar-refractivity contribution < 1.29 is 18.0 Å². The van der Waals surface area contributed by atoms with Gasteiger partial charge in [-0.1, -0.05) is 0 Å². The highest BCUT2D eigenvalue weighted by Crippen LogP contribution is 2.33. The molecular formula is C21H29N3O4S. The molecule has 2 saturated heterocycles. The number of carbonyl (C=O) groups is 2. The number of sulfone groups is 1. The van der Waals surface area contributed by atoms with Crippen LogP contribution in [-0.2, 0) is 14.6 Å². The summed E-state index contributed by atoms with van der Waals surface area (Å²) < 4.78 is 24.6. The Balaban J connectivity index is 1.61. The minimum Gasteiger partial charge on any atom is -0.371 e. The van der Waals surface area contributed by atoms with Crippen molar-refractivity contribution in [3.63, 3.8) is 0 Å². The first-order chi connectivity index (χ1) is 13.8. The van der Waals surface area contributed by atoms with Gasteiger partial charge < -0.3 is 15.1 Å². The van der Waals surface area contributed by atoms with Crippen molar-refractivity contribution in [2.24, 2.45) is 5.92 Å². The molecule has 2 amide bonds. The fraction of sp³-hybridized carbons (Fsp3) is 0.619. The predicted octanol–water partition coefficient (Wildman–Crippen LogP) is 2.28. The third-order valence-electron chi connectivity index (χ3n) is 6.25.